The van der Waals surface area contributed by atoms with E-state index >= 15 is 0 Å². The second kappa shape index (κ2) is 5.54. The number of aromatic nitrogens is 1. The summed E-state index contributed by atoms with van der Waals surface area (Å²) in [4.78, 5) is 16.7. The third-order valence-electron chi connectivity index (χ3n) is 3.68. The number of hydrogen-bond donors (Lipinski definition) is 2. The number of nitrogens with two attached hydrogens (primary N) is 1. The summed E-state index contributed by atoms with van der Waals surface area (Å²) in [6.07, 6.45) is 4.02. The van der Waals surface area contributed by atoms with Crippen LogP contribution < -0.4 is 11.1 Å². The van der Waals surface area contributed by atoms with E-state index in [9.17, 15) is 4.79 Å². The molecular formula is C15H17N3OS. The van der Waals surface area contributed by atoms with Crippen molar-refractivity contribution in [1.29, 1.82) is 0 Å². The maximum absolute atomic E-state index is 12.5. The maximum atomic E-state index is 12.5. The third-order valence-corrected chi connectivity index (χ3v) is 4.13. The summed E-state index contributed by atoms with van der Waals surface area (Å²) in [6.45, 7) is 3.66. The van der Waals surface area contributed by atoms with E-state index in [1.807, 2.05) is 31.2 Å². The SMILES string of the molecule is CCC(C)(C(=O)Nc1cccc2cnccc12)C(N)=S. The Kier molecular flexibility index (Phi) is 3.99. The van der Waals surface area contributed by atoms with Crippen LogP contribution in [0.1, 0.15) is 20.3 Å². The second-order valence-corrected chi connectivity index (χ2v) is 5.35. The molecule has 1 heterocycles. The Morgan fingerprint density at radius 1 is 1.45 bits per heavy atom. The summed E-state index contributed by atoms with van der Waals surface area (Å²) in [6, 6.07) is 7.55. The van der Waals surface area contributed by atoms with E-state index in [4.69, 9.17) is 18.0 Å². The normalized spacial score (nSPS) is 13.7. The van der Waals surface area contributed by atoms with Gasteiger partial charge in [-0.15, -0.1) is 0 Å². The van der Waals surface area contributed by atoms with Crippen LogP contribution in [0, 0.1) is 5.41 Å². The Labute approximate surface area is 123 Å². The lowest BCUT2D eigenvalue weighted by molar-refractivity contribution is -0.121. The maximum Gasteiger partial charge on any atom is 0.237 e. The van der Waals surface area contributed by atoms with Crippen molar-refractivity contribution < 1.29 is 4.79 Å². The molecule has 1 amide bonds. The number of nitrogens with zero attached hydrogens (tertiary/aromatic N) is 1. The van der Waals surface area contributed by atoms with Crippen molar-refractivity contribution in [2.45, 2.75) is 20.3 Å². The lowest BCUT2D eigenvalue weighted by Gasteiger charge is -2.25. The summed E-state index contributed by atoms with van der Waals surface area (Å²) < 4.78 is 0. The fourth-order valence-corrected chi connectivity index (χ4v) is 2.18. The number of fused-ring (bicyclic) bond motifs is 1. The van der Waals surface area contributed by atoms with E-state index in [1.54, 1.807) is 19.3 Å². The zero-order chi connectivity index (χ0) is 14.8. The molecule has 2 rings (SSSR count). The quantitative estimate of drug-likeness (QED) is 0.848. The lowest BCUT2D eigenvalue weighted by atomic mass is 9.86. The average Bonchev–Trinajstić information content (AvgIpc) is 2.46. The summed E-state index contributed by atoms with van der Waals surface area (Å²) >= 11 is 5.02. The predicted molar refractivity (Wildman–Crippen MR) is 85.6 cm³/mol. The van der Waals surface area contributed by atoms with E-state index in [1.165, 1.54) is 0 Å². The number of pyridine rings is 1. The predicted octanol–water partition coefficient (Wildman–Crippen LogP) is 2.88. The van der Waals surface area contributed by atoms with Crippen LogP contribution in [0.2, 0.25) is 0 Å². The van der Waals surface area contributed by atoms with Crippen LogP contribution in [-0.2, 0) is 4.79 Å². The topological polar surface area (TPSA) is 68.0 Å². The van der Waals surface area contributed by atoms with Crippen molar-refractivity contribution >= 4 is 39.6 Å². The third kappa shape index (κ3) is 2.49. The van der Waals surface area contributed by atoms with Gasteiger partial charge in [0.05, 0.1) is 10.4 Å². The first-order valence-corrected chi connectivity index (χ1v) is 6.84. The standard InChI is InChI=1S/C15H17N3OS/c1-3-15(2,13(16)20)14(19)18-12-6-4-5-10-9-17-8-7-11(10)12/h4-9H,3H2,1-2H3,(H2,16,20)(H,18,19). The summed E-state index contributed by atoms with van der Waals surface area (Å²) in [5, 5.41) is 4.84. The molecule has 1 atom stereocenters. The van der Waals surface area contributed by atoms with Crippen LogP contribution in [0.25, 0.3) is 10.8 Å². The molecule has 0 radical (unpaired) electrons. The Hall–Kier alpha value is -2.01. The number of anilines is 1. The molecule has 2 aromatic rings. The summed E-state index contributed by atoms with van der Waals surface area (Å²) in [5.74, 6) is -0.184. The van der Waals surface area contributed by atoms with Crippen LogP contribution in [0.4, 0.5) is 5.69 Å². The van der Waals surface area contributed by atoms with Crippen molar-refractivity contribution in [2.75, 3.05) is 5.32 Å². The van der Waals surface area contributed by atoms with Crippen molar-refractivity contribution in [3.05, 3.63) is 36.7 Å². The van der Waals surface area contributed by atoms with Gasteiger partial charge in [-0.1, -0.05) is 31.3 Å². The number of carbonyl (C=O) groups is 1. The second-order valence-electron chi connectivity index (χ2n) is 4.91. The van der Waals surface area contributed by atoms with Gasteiger partial charge in [0.25, 0.3) is 0 Å². The fourth-order valence-electron chi connectivity index (χ4n) is 1.94. The number of nitrogens with one attached hydrogen (secondary N) is 1. The lowest BCUT2D eigenvalue weighted by Crippen LogP contribution is -2.43. The van der Waals surface area contributed by atoms with Crippen molar-refractivity contribution in [3.8, 4) is 0 Å². The monoisotopic (exact) mass is 287 g/mol. The van der Waals surface area contributed by atoms with Gasteiger partial charge in [0.2, 0.25) is 5.91 Å². The molecule has 1 aromatic heterocycles. The number of hydrogen-bond acceptors (Lipinski definition) is 3. The van der Waals surface area contributed by atoms with E-state index < -0.39 is 5.41 Å². The number of rotatable bonds is 4. The number of thiocarbonyl (C=S) groups is 1. The molecule has 104 valence electrons. The smallest absolute Gasteiger partial charge is 0.237 e. The highest BCUT2D eigenvalue weighted by Gasteiger charge is 2.34. The summed E-state index contributed by atoms with van der Waals surface area (Å²) in [7, 11) is 0. The van der Waals surface area contributed by atoms with Crippen molar-refractivity contribution in [3.63, 3.8) is 0 Å². The molecule has 0 fully saturated rings. The number of carbonyl (C=O) groups excluding carboxylic acids is 1. The molecule has 0 aliphatic heterocycles. The van der Waals surface area contributed by atoms with E-state index in [0.29, 0.717) is 6.42 Å². The Balaban J connectivity index is 2.38. The first-order chi connectivity index (χ1) is 9.49. The Morgan fingerprint density at radius 3 is 2.85 bits per heavy atom. The van der Waals surface area contributed by atoms with E-state index in [2.05, 4.69) is 10.3 Å². The van der Waals surface area contributed by atoms with Gasteiger partial charge in [-0.3, -0.25) is 9.78 Å². The molecule has 0 aliphatic carbocycles. The average molecular weight is 287 g/mol. The molecule has 4 nitrogen and oxygen atoms in total. The minimum absolute atomic E-state index is 0.184. The molecule has 20 heavy (non-hydrogen) atoms. The minimum Gasteiger partial charge on any atom is -0.392 e. The van der Waals surface area contributed by atoms with Crippen molar-refractivity contribution in [1.82, 2.24) is 4.98 Å². The molecule has 0 aliphatic rings. The van der Waals surface area contributed by atoms with Crippen molar-refractivity contribution in [2.24, 2.45) is 11.1 Å². The van der Waals surface area contributed by atoms with Gasteiger partial charge < -0.3 is 11.1 Å². The van der Waals surface area contributed by atoms with Gasteiger partial charge in [0.15, 0.2) is 0 Å². The van der Waals surface area contributed by atoms with Crippen LogP contribution in [0.15, 0.2) is 36.7 Å². The van der Waals surface area contributed by atoms with Crippen LogP contribution >= 0.6 is 12.2 Å². The molecule has 1 unspecified atom stereocenters. The number of benzene rings is 1. The van der Waals surface area contributed by atoms with Crippen LogP contribution in [-0.4, -0.2) is 15.9 Å². The molecule has 1 aromatic carbocycles. The highest BCUT2D eigenvalue weighted by atomic mass is 32.1. The fraction of sp³-hybridized carbons (Fsp3) is 0.267. The molecule has 0 saturated heterocycles. The van der Waals surface area contributed by atoms with Crippen LogP contribution in [0.3, 0.4) is 0 Å². The Morgan fingerprint density at radius 2 is 2.20 bits per heavy atom. The molecule has 0 bridgehead atoms. The molecule has 5 heteroatoms. The van der Waals surface area contributed by atoms with Gasteiger partial charge in [-0.2, -0.15) is 0 Å². The molecule has 0 saturated carbocycles. The van der Waals surface area contributed by atoms with Crippen LogP contribution in [0.5, 0.6) is 0 Å². The van der Waals surface area contributed by atoms with Gasteiger partial charge >= 0.3 is 0 Å². The zero-order valence-corrected chi connectivity index (χ0v) is 12.3. The first-order valence-electron chi connectivity index (χ1n) is 6.43. The van der Waals surface area contributed by atoms with Gasteiger partial charge in [-0.25, -0.2) is 0 Å². The van der Waals surface area contributed by atoms with Gasteiger partial charge in [0, 0.05) is 28.9 Å². The first kappa shape index (κ1) is 14.4. The molecule has 3 N–H and O–H groups in total. The molecular weight excluding hydrogens is 270 g/mol. The zero-order valence-electron chi connectivity index (χ0n) is 11.5. The van der Waals surface area contributed by atoms with E-state index in [0.717, 1.165) is 16.5 Å². The van der Waals surface area contributed by atoms with E-state index in [-0.39, 0.29) is 10.9 Å². The Bertz CT molecular complexity index is 666. The highest BCUT2D eigenvalue weighted by molar-refractivity contribution is 7.80. The molecule has 0 spiro atoms. The number of amides is 1. The van der Waals surface area contributed by atoms with Gasteiger partial charge in [-0.05, 0) is 25.5 Å². The van der Waals surface area contributed by atoms with Gasteiger partial charge in [0.1, 0.15) is 0 Å². The summed E-state index contributed by atoms with van der Waals surface area (Å²) in [5.41, 5.74) is 5.61. The highest BCUT2D eigenvalue weighted by Crippen LogP contribution is 2.27. The minimum atomic E-state index is -0.843. The largest absolute Gasteiger partial charge is 0.392 e.